The Kier molecular flexibility index (Phi) is 7.21. The number of aryl methyl sites for hydroxylation is 1. The highest BCUT2D eigenvalue weighted by molar-refractivity contribution is 5.94. The van der Waals surface area contributed by atoms with Crippen molar-refractivity contribution in [3.05, 3.63) is 71.8 Å². The van der Waals surface area contributed by atoms with Crippen molar-refractivity contribution in [3.8, 4) is 11.4 Å². The molecule has 0 saturated carbocycles. The monoisotopic (exact) mass is 487 g/mol. The van der Waals surface area contributed by atoms with Crippen LogP contribution in [0.5, 0.6) is 0 Å². The van der Waals surface area contributed by atoms with E-state index in [9.17, 15) is 14.0 Å². The normalized spacial score (nSPS) is 16.5. The molecule has 3 aromatic rings. The number of carbonyl (C=O) groups is 2. The second-order valence-electron chi connectivity index (χ2n) is 9.43. The number of carbonyl (C=O) groups excluding carboxylic acids is 2. The van der Waals surface area contributed by atoms with Crippen molar-refractivity contribution in [2.24, 2.45) is 5.92 Å². The quantitative estimate of drug-likeness (QED) is 0.529. The van der Waals surface area contributed by atoms with Crippen LogP contribution in [0.25, 0.3) is 17.5 Å². The van der Waals surface area contributed by atoms with Gasteiger partial charge in [-0.05, 0) is 55.5 Å². The van der Waals surface area contributed by atoms with Gasteiger partial charge in [0.05, 0.1) is 5.56 Å². The Morgan fingerprint density at radius 2 is 1.78 bits per heavy atom. The van der Waals surface area contributed by atoms with E-state index in [2.05, 4.69) is 15.5 Å². The molecule has 0 bridgehead atoms. The molecule has 186 valence electrons. The summed E-state index contributed by atoms with van der Waals surface area (Å²) in [4.78, 5) is 27.3. The van der Waals surface area contributed by atoms with E-state index in [1.165, 1.54) is 6.07 Å². The number of anilines is 1. The third-order valence-corrected chi connectivity index (χ3v) is 6.98. The number of benzene rings is 2. The third-order valence-electron chi connectivity index (χ3n) is 6.98. The van der Waals surface area contributed by atoms with Gasteiger partial charge in [-0.3, -0.25) is 9.59 Å². The third kappa shape index (κ3) is 5.37. The highest BCUT2D eigenvalue weighted by Crippen LogP contribution is 2.28. The van der Waals surface area contributed by atoms with E-state index in [0.29, 0.717) is 43.0 Å². The van der Waals surface area contributed by atoms with Gasteiger partial charge >= 0.3 is 0 Å². The summed E-state index contributed by atoms with van der Waals surface area (Å²) in [7, 11) is 0. The molecule has 5 rings (SSSR count). The summed E-state index contributed by atoms with van der Waals surface area (Å²) in [6, 6.07) is 14.3. The number of piperidine rings is 1. The molecule has 1 fully saturated rings. The SMILES string of the molecule is O=C(Nc1ccc(F)c(-c2nnc3n2CCCCC3)c1)C1CCN(C(=O)/C=C/c2ccccc2)CC1. The summed E-state index contributed by atoms with van der Waals surface area (Å²) in [6.07, 6.45) is 8.60. The van der Waals surface area contributed by atoms with Gasteiger partial charge in [-0.25, -0.2) is 4.39 Å². The molecular weight excluding hydrogens is 457 g/mol. The number of halogens is 1. The van der Waals surface area contributed by atoms with Crippen molar-refractivity contribution >= 4 is 23.6 Å². The van der Waals surface area contributed by atoms with Gasteiger partial charge in [-0.15, -0.1) is 10.2 Å². The van der Waals surface area contributed by atoms with Gasteiger partial charge in [0.25, 0.3) is 0 Å². The van der Waals surface area contributed by atoms with Crippen molar-refractivity contribution in [3.63, 3.8) is 0 Å². The maximum Gasteiger partial charge on any atom is 0.246 e. The fourth-order valence-corrected chi connectivity index (χ4v) is 4.90. The Labute approximate surface area is 210 Å². The summed E-state index contributed by atoms with van der Waals surface area (Å²) in [5.41, 5.74) is 1.85. The van der Waals surface area contributed by atoms with Gasteiger partial charge in [0.2, 0.25) is 11.8 Å². The fraction of sp³-hybridized carbons (Fsp3) is 0.357. The molecular formula is C28H30FN5O2. The number of aromatic nitrogens is 3. The lowest BCUT2D eigenvalue weighted by molar-refractivity contribution is -0.130. The molecule has 0 aliphatic carbocycles. The van der Waals surface area contributed by atoms with E-state index in [1.54, 1.807) is 23.1 Å². The number of rotatable bonds is 5. The Hall–Kier alpha value is -3.81. The van der Waals surface area contributed by atoms with Crippen LogP contribution in [0.1, 0.15) is 43.5 Å². The first-order chi connectivity index (χ1) is 17.6. The van der Waals surface area contributed by atoms with Gasteiger partial charge in [0.15, 0.2) is 5.82 Å². The van der Waals surface area contributed by atoms with E-state index < -0.39 is 0 Å². The molecule has 3 heterocycles. The van der Waals surface area contributed by atoms with Crippen LogP contribution < -0.4 is 5.32 Å². The summed E-state index contributed by atoms with van der Waals surface area (Å²) in [5, 5.41) is 11.5. The first-order valence-electron chi connectivity index (χ1n) is 12.6. The molecule has 0 unspecified atom stereocenters. The Bertz CT molecular complexity index is 1260. The lowest BCUT2D eigenvalue weighted by atomic mass is 9.95. The smallest absolute Gasteiger partial charge is 0.246 e. The van der Waals surface area contributed by atoms with Crippen LogP contribution >= 0.6 is 0 Å². The maximum absolute atomic E-state index is 14.7. The zero-order chi connectivity index (χ0) is 24.9. The zero-order valence-electron chi connectivity index (χ0n) is 20.2. The van der Waals surface area contributed by atoms with Crippen LogP contribution in [-0.4, -0.2) is 44.6 Å². The van der Waals surface area contributed by atoms with Gasteiger partial charge < -0.3 is 14.8 Å². The topological polar surface area (TPSA) is 80.1 Å². The number of hydrogen-bond acceptors (Lipinski definition) is 4. The molecule has 2 aliphatic heterocycles. The van der Waals surface area contributed by atoms with E-state index in [-0.39, 0.29) is 23.5 Å². The van der Waals surface area contributed by atoms with E-state index in [4.69, 9.17) is 0 Å². The first kappa shape index (κ1) is 23.9. The molecule has 8 heteroatoms. The average molecular weight is 488 g/mol. The molecule has 1 saturated heterocycles. The molecule has 2 aromatic carbocycles. The number of fused-ring (bicyclic) bond motifs is 1. The standard InChI is InChI=1S/C28H30FN5O2/c29-24-12-11-22(19-23(24)27-32-31-25-9-5-2-6-16-34(25)27)30-28(36)21-14-17-33(18-15-21)26(35)13-10-20-7-3-1-4-8-20/h1,3-4,7-8,10-13,19,21H,2,5-6,9,14-18H2,(H,30,36)/b13-10+. The second-order valence-corrected chi connectivity index (χ2v) is 9.43. The highest BCUT2D eigenvalue weighted by atomic mass is 19.1. The van der Waals surface area contributed by atoms with Gasteiger partial charge in [-0.1, -0.05) is 36.8 Å². The molecule has 0 spiro atoms. The predicted molar refractivity (Wildman–Crippen MR) is 136 cm³/mol. The van der Waals surface area contributed by atoms with Crippen LogP contribution in [0.4, 0.5) is 10.1 Å². The van der Waals surface area contributed by atoms with Crippen LogP contribution in [0.15, 0.2) is 54.6 Å². The minimum Gasteiger partial charge on any atom is -0.339 e. The lowest BCUT2D eigenvalue weighted by Gasteiger charge is -2.30. The summed E-state index contributed by atoms with van der Waals surface area (Å²) in [5.74, 6) is 0.646. The Balaban J connectivity index is 1.20. The van der Waals surface area contributed by atoms with Crippen LogP contribution in [0, 0.1) is 11.7 Å². The van der Waals surface area contributed by atoms with E-state index >= 15 is 0 Å². The van der Waals surface area contributed by atoms with Crippen LogP contribution in [0.3, 0.4) is 0 Å². The zero-order valence-corrected chi connectivity index (χ0v) is 20.2. The summed E-state index contributed by atoms with van der Waals surface area (Å²) < 4.78 is 16.7. The van der Waals surface area contributed by atoms with Crippen molar-refractivity contribution < 1.29 is 14.0 Å². The number of likely N-dealkylation sites (tertiary alicyclic amines) is 1. The molecule has 0 radical (unpaired) electrons. The van der Waals surface area contributed by atoms with Crippen LogP contribution in [0.2, 0.25) is 0 Å². The predicted octanol–water partition coefficient (Wildman–Crippen LogP) is 4.70. The second kappa shape index (κ2) is 10.8. The molecule has 1 N–H and O–H groups in total. The number of nitrogens with zero attached hydrogens (tertiary/aromatic N) is 4. The van der Waals surface area contributed by atoms with Gasteiger partial charge in [-0.2, -0.15) is 0 Å². The Morgan fingerprint density at radius 1 is 0.972 bits per heavy atom. The van der Waals surface area contributed by atoms with E-state index in [1.807, 2.05) is 41.0 Å². The number of amides is 2. The van der Waals surface area contributed by atoms with Crippen LogP contribution in [-0.2, 0) is 22.6 Å². The largest absolute Gasteiger partial charge is 0.339 e. The van der Waals surface area contributed by atoms with Gasteiger partial charge in [0.1, 0.15) is 11.6 Å². The lowest BCUT2D eigenvalue weighted by Crippen LogP contribution is -2.40. The minimum absolute atomic E-state index is 0.0478. The van der Waals surface area contributed by atoms with Crippen molar-refractivity contribution in [1.82, 2.24) is 19.7 Å². The number of nitrogens with one attached hydrogen (secondary N) is 1. The fourth-order valence-electron chi connectivity index (χ4n) is 4.90. The minimum atomic E-state index is -0.386. The number of hydrogen-bond donors (Lipinski definition) is 1. The molecule has 2 amide bonds. The molecule has 1 aromatic heterocycles. The maximum atomic E-state index is 14.7. The summed E-state index contributed by atoms with van der Waals surface area (Å²) >= 11 is 0. The average Bonchev–Trinajstić information content (AvgIpc) is 3.16. The molecule has 2 aliphatic rings. The first-order valence-corrected chi connectivity index (χ1v) is 12.6. The summed E-state index contributed by atoms with van der Waals surface area (Å²) in [6.45, 7) is 1.82. The van der Waals surface area contributed by atoms with E-state index in [0.717, 1.165) is 43.6 Å². The van der Waals surface area contributed by atoms with Crippen molar-refractivity contribution in [2.75, 3.05) is 18.4 Å². The van der Waals surface area contributed by atoms with Crippen molar-refractivity contribution in [1.29, 1.82) is 0 Å². The molecule has 7 nitrogen and oxygen atoms in total. The van der Waals surface area contributed by atoms with Crippen molar-refractivity contribution in [2.45, 2.75) is 45.1 Å². The van der Waals surface area contributed by atoms with Gasteiger partial charge in [0, 0.05) is 43.7 Å². The Morgan fingerprint density at radius 3 is 2.58 bits per heavy atom. The molecule has 0 atom stereocenters. The molecule has 36 heavy (non-hydrogen) atoms. The highest BCUT2D eigenvalue weighted by Gasteiger charge is 2.27.